The van der Waals surface area contributed by atoms with Gasteiger partial charge in [-0.2, -0.15) is 5.90 Å². The molecule has 9 N–H and O–H groups in total. The first-order valence-corrected chi connectivity index (χ1v) is 7.45. The molecule has 2 saturated heterocycles. The lowest BCUT2D eigenvalue weighted by Gasteiger charge is -2.45. The summed E-state index contributed by atoms with van der Waals surface area (Å²) in [6, 6.07) is 0. The van der Waals surface area contributed by atoms with Crippen molar-refractivity contribution in [2.45, 2.75) is 61.4 Å². The van der Waals surface area contributed by atoms with Crippen LogP contribution in [0.5, 0.6) is 0 Å². The Morgan fingerprint density at radius 2 is 1.48 bits per heavy atom. The zero-order valence-electron chi connectivity index (χ0n) is 12.9. The molecule has 0 bridgehead atoms. The van der Waals surface area contributed by atoms with Crippen molar-refractivity contribution in [1.29, 1.82) is 0 Å². The Bertz CT molecular complexity index is 414. The maximum atomic E-state index is 10.0. The van der Waals surface area contributed by atoms with Crippen LogP contribution in [0.4, 0.5) is 0 Å². The van der Waals surface area contributed by atoms with Crippen molar-refractivity contribution in [2.24, 2.45) is 5.90 Å². The Balaban J connectivity index is 2.10. The first kappa shape index (κ1) is 20.8. The lowest BCUT2D eigenvalue weighted by Crippen LogP contribution is -2.64. The molecule has 13 heteroatoms. The topological polar surface area (TPSA) is 214 Å². The van der Waals surface area contributed by atoms with E-state index in [1.165, 1.54) is 0 Å². The fourth-order valence-electron chi connectivity index (χ4n) is 2.66. The number of rotatable bonds is 6. The number of hydrogen-bond donors (Lipinski definition) is 8. The van der Waals surface area contributed by atoms with E-state index in [-0.39, 0.29) is 0 Å². The number of aliphatic hydroxyl groups is 7. The van der Waals surface area contributed by atoms with Crippen molar-refractivity contribution < 1.29 is 59.8 Å². The van der Waals surface area contributed by atoms with Crippen LogP contribution in [0.25, 0.3) is 0 Å². The number of hydrogen-bond acceptors (Lipinski definition) is 13. The van der Waals surface area contributed by atoms with E-state index in [0.29, 0.717) is 0 Å². The zero-order valence-corrected chi connectivity index (χ0v) is 12.9. The normalized spacial score (nSPS) is 48.5. The molecule has 2 aliphatic rings. The maximum Gasteiger partial charge on any atom is 0.187 e. The van der Waals surface area contributed by atoms with Crippen LogP contribution in [0.2, 0.25) is 0 Å². The van der Waals surface area contributed by atoms with Crippen LogP contribution in [0.3, 0.4) is 0 Å². The van der Waals surface area contributed by atoms with Crippen LogP contribution in [0.15, 0.2) is 0 Å². The molecule has 2 fully saturated rings. The summed E-state index contributed by atoms with van der Waals surface area (Å²) in [4.78, 5) is 8.30. The number of ether oxygens (including phenoxy) is 3. The van der Waals surface area contributed by atoms with E-state index in [4.69, 9.17) is 14.2 Å². The second kappa shape index (κ2) is 8.92. The van der Waals surface area contributed by atoms with Gasteiger partial charge in [0.2, 0.25) is 0 Å². The Hall–Kier alpha value is -0.520. The summed E-state index contributed by atoms with van der Waals surface area (Å²) in [5, 5.41) is 68.1. The molecule has 0 amide bonds. The minimum absolute atomic E-state index is 0.421. The second-order valence-corrected chi connectivity index (χ2v) is 5.73. The standard InChI is InChI=1S/C12H23NO12/c13-25-21-2-4-5(15)6(16)9(19)12(23-4)24-10-3(1-14)22-11(20)8(18)7(10)17/h3-12,14-20H,1-2,13H2/t3-,4-,5+,6+,7-,8-,9-,10-,11+,12+/m1/s1. The van der Waals surface area contributed by atoms with Crippen LogP contribution in [0, 0.1) is 0 Å². The van der Waals surface area contributed by atoms with Gasteiger partial charge in [0.05, 0.1) is 6.61 Å². The molecule has 0 aromatic carbocycles. The zero-order chi connectivity index (χ0) is 18.7. The van der Waals surface area contributed by atoms with Gasteiger partial charge < -0.3 is 50.0 Å². The van der Waals surface area contributed by atoms with Crippen LogP contribution in [0.1, 0.15) is 0 Å². The summed E-state index contributed by atoms with van der Waals surface area (Å²) in [6.07, 6.45) is -15.7. The molecule has 0 spiro atoms. The van der Waals surface area contributed by atoms with Gasteiger partial charge in [0.15, 0.2) is 12.6 Å². The van der Waals surface area contributed by atoms with E-state index < -0.39 is 74.6 Å². The van der Waals surface area contributed by atoms with E-state index in [9.17, 15) is 35.7 Å². The van der Waals surface area contributed by atoms with Gasteiger partial charge in [0, 0.05) is 0 Å². The average Bonchev–Trinajstić information content (AvgIpc) is 2.60. The third kappa shape index (κ3) is 4.42. The summed E-state index contributed by atoms with van der Waals surface area (Å²) < 4.78 is 15.5. The molecule has 13 nitrogen and oxygen atoms in total. The Labute approximate surface area is 141 Å². The molecule has 0 aromatic heterocycles. The predicted molar refractivity (Wildman–Crippen MR) is 72.8 cm³/mol. The first-order valence-electron chi connectivity index (χ1n) is 7.45. The quantitative estimate of drug-likeness (QED) is 0.161. The van der Waals surface area contributed by atoms with Crippen molar-refractivity contribution in [3.63, 3.8) is 0 Å². The van der Waals surface area contributed by atoms with Gasteiger partial charge in [-0.25, -0.2) is 4.89 Å². The predicted octanol–water partition coefficient (Wildman–Crippen LogP) is -5.57. The molecule has 25 heavy (non-hydrogen) atoms. The lowest BCUT2D eigenvalue weighted by atomic mass is 9.97. The van der Waals surface area contributed by atoms with Gasteiger partial charge in [0.25, 0.3) is 0 Å². The Morgan fingerprint density at radius 1 is 0.800 bits per heavy atom. The summed E-state index contributed by atoms with van der Waals surface area (Å²) in [5.41, 5.74) is 0. The van der Waals surface area contributed by atoms with Gasteiger partial charge >= 0.3 is 0 Å². The summed E-state index contributed by atoms with van der Waals surface area (Å²) in [7, 11) is 0. The molecule has 0 aliphatic carbocycles. The molecule has 2 rings (SSSR count). The molecule has 2 heterocycles. The van der Waals surface area contributed by atoms with Crippen molar-refractivity contribution in [1.82, 2.24) is 0 Å². The van der Waals surface area contributed by atoms with Crippen molar-refractivity contribution >= 4 is 0 Å². The van der Waals surface area contributed by atoms with E-state index >= 15 is 0 Å². The Morgan fingerprint density at radius 3 is 2.08 bits per heavy atom. The van der Waals surface area contributed by atoms with Crippen molar-refractivity contribution in [3.8, 4) is 0 Å². The second-order valence-electron chi connectivity index (χ2n) is 5.73. The monoisotopic (exact) mass is 373 g/mol. The molecule has 2 aliphatic heterocycles. The van der Waals surface area contributed by atoms with E-state index in [2.05, 4.69) is 15.8 Å². The molecular weight excluding hydrogens is 350 g/mol. The first-order chi connectivity index (χ1) is 11.8. The van der Waals surface area contributed by atoms with Crippen molar-refractivity contribution in [3.05, 3.63) is 0 Å². The van der Waals surface area contributed by atoms with E-state index in [0.717, 1.165) is 0 Å². The minimum atomic E-state index is -1.75. The highest BCUT2D eigenvalue weighted by Gasteiger charge is 2.50. The SMILES string of the molecule is NOOC[C@H]1O[C@@H](O[C@H]2[C@H](O)[C@@H](O)[C@@H](O)O[C@@H]2CO)[C@H](O)[C@@H](O)[C@H]1O. The molecule has 10 atom stereocenters. The van der Waals surface area contributed by atoms with Crippen LogP contribution in [-0.4, -0.2) is 110 Å². The van der Waals surface area contributed by atoms with Gasteiger partial charge in [-0.05, 0) is 0 Å². The fraction of sp³-hybridized carbons (Fsp3) is 1.00. The van der Waals surface area contributed by atoms with E-state index in [1.807, 2.05) is 0 Å². The van der Waals surface area contributed by atoms with Gasteiger partial charge in [-0.1, -0.05) is 0 Å². The van der Waals surface area contributed by atoms with Gasteiger partial charge in [0.1, 0.15) is 55.4 Å². The molecule has 0 saturated carbocycles. The van der Waals surface area contributed by atoms with Crippen LogP contribution < -0.4 is 5.90 Å². The molecule has 0 unspecified atom stereocenters. The van der Waals surface area contributed by atoms with E-state index in [1.54, 1.807) is 0 Å². The minimum Gasteiger partial charge on any atom is -0.394 e. The largest absolute Gasteiger partial charge is 0.394 e. The highest BCUT2D eigenvalue weighted by atomic mass is 17.3. The third-order valence-electron chi connectivity index (χ3n) is 4.10. The maximum absolute atomic E-state index is 10.0. The Kier molecular flexibility index (Phi) is 7.41. The van der Waals surface area contributed by atoms with Gasteiger partial charge in [-0.3, -0.25) is 0 Å². The fourth-order valence-corrected chi connectivity index (χ4v) is 2.66. The van der Waals surface area contributed by atoms with Gasteiger partial charge in [-0.15, -0.1) is 4.99 Å². The van der Waals surface area contributed by atoms with Crippen LogP contribution in [-0.2, 0) is 24.1 Å². The third-order valence-corrected chi connectivity index (χ3v) is 4.10. The van der Waals surface area contributed by atoms with Crippen LogP contribution >= 0.6 is 0 Å². The number of aliphatic hydroxyl groups excluding tert-OH is 7. The molecular formula is C12H23NO12. The average molecular weight is 373 g/mol. The smallest absolute Gasteiger partial charge is 0.187 e. The van der Waals surface area contributed by atoms with Crippen molar-refractivity contribution in [2.75, 3.05) is 13.2 Å². The lowest BCUT2D eigenvalue weighted by molar-refractivity contribution is -0.373. The summed E-state index contributed by atoms with van der Waals surface area (Å²) in [5.74, 6) is 4.69. The highest BCUT2D eigenvalue weighted by Crippen LogP contribution is 2.28. The summed E-state index contributed by atoms with van der Waals surface area (Å²) in [6.45, 7) is -1.11. The molecule has 0 radical (unpaired) electrons. The molecule has 148 valence electrons. The molecule has 0 aromatic rings. The highest BCUT2D eigenvalue weighted by molar-refractivity contribution is 4.93. The number of nitrogens with two attached hydrogens (primary N) is 1. The summed E-state index contributed by atoms with van der Waals surface area (Å²) >= 11 is 0.